The molecule has 0 spiro atoms. The predicted molar refractivity (Wildman–Crippen MR) is 144 cm³/mol. The van der Waals surface area contributed by atoms with E-state index in [9.17, 15) is 18.0 Å². The van der Waals surface area contributed by atoms with Gasteiger partial charge in [0.1, 0.15) is 17.6 Å². The van der Waals surface area contributed by atoms with E-state index in [1.807, 2.05) is 24.3 Å². The van der Waals surface area contributed by atoms with Gasteiger partial charge in [-0.25, -0.2) is 18.2 Å². The highest BCUT2D eigenvalue weighted by atomic mass is 32.2. The van der Waals surface area contributed by atoms with Gasteiger partial charge in [0.05, 0.1) is 28.7 Å². The molecular formula is C29H29N3O7S. The first-order valence-corrected chi connectivity index (χ1v) is 14.8. The molecule has 10 nitrogen and oxygen atoms in total. The Morgan fingerprint density at radius 3 is 2.45 bits per heavy atom. The number of fused-ring (bicyclic) bond motifs is 1. The fraction of sp³-hybridized carbons (Fsp3) is 0.345. The van der Waals surface area contributed by atoms with Gasteiger partial charge in [-0.05, 0) is 92.3 Å². The lowest BCUT2D eigenvalue weighted by molar-refractivity contribution is -0.137. The van der Waals surface area contributed by atoms with Gasteiger partial charge < -0.3 is 13.6 Å². The number of ether oxygens (including phenoxy) is 1. The summed E-state index contributed by atoms with van der Waals surface area (Å²) in [5.74, 6) is 0.0483. The summed E-state index contributed by atoms with van der Waals surface area (Å²) in [6.45, 7) is 0.467. The van der Waals surface area contributed by atoms with Crippen LogP contribution in [0.15, 0.2) is 85.5 Å². The number of allylic oxidation sites excluding steroid dienone is 1. The van der Waals surface area contributed by atoms with Crippen molar-refractivity contribution in [3.63, 3.8) is 0 Å². The zero-order valence-electron chi connectivity index (χ0n) is 21.8. The van der Waals surface area contributed by atoms with Gasteiger partial charge in [0, 0.05) is 19.0 Å². The highest BCUT2D eigenvalue weighted by Crippen LogP contribution is 2.44. The van der Waals surface area contributed by atoms with Crippen molar-refractivity contribution in [2.45, 2.75) is 43.0 Å². The summed E-state index contributed by atoms with van der Waals surface area (Å²) in [6, 6.07) is 12.4. The normalized spacial score (nSPS) is 22.4. The predicted octanol–water partition coefficient (Wildman–Crippen LogP) is 4.64. The second-order valence-electron chi connectivity index (χ2n) is 10.1. The Morgan fingerprint density at radius 2 is 1.75 bits per heavy atom. The SMILES string of the molecule is O=C(OCC(=O)N1N=C2C(=Cc3ccco3)CCCC2C1c1ccco1)c1ccc(S(=O)(=O)N2CCCC2)cc1. The van der Waals surface area contributed by atoms with E-state index in [2.05, 4.69) is 0 Å². The second-order valence-corrected chi connectivity index (χ2v) is 12.0. The number of nitrogens with zero attached hydrogens (tertiary/aromatic N) is 3. The molecule has 2 fully saturated rings. The van der Waals surface area contributed by atoms with Crippen LogP contribution in [-0.2, 0) is 19.6 Å². The van der Waals surface area contributed by atoms with Crippen LogP contribution in [0.1, 0.15) is 60.0 Å². The van der Waals surface area contributed by atoms with Crippen molar-refractivity contribution in [1.82, 2.24) is 9.31 Å². The number of carbonyl (C=O) groups is 2. The Bertz CT molecular complexity index is 1530. The van der Waals surface area contributed by atoms with Gasteiger partial charge in [-0.3, -0.25) is 4.79 Å². The Labute approximate surface area is 231 Å². The van der Waals surface area contributed by atoms with Gasteiger partial charge >= 0.3 is 5.97 Å². The molecule has 2 unspecified atom stereocenters. The Kier molecular flexibility index (Phi) is 7.16. The number of benzene rings is 1. The van der Waals surface area contributed by atoms with Gasteiger partial charge in [0.25, 0.3) is 5.91 Å². The van der Waals surface area contributed by atoms with Crippen LogP contribution in [0.2, 0.25) is 0 Å². The van der Waals surface area contributed by atoms with Crippen molar-refractivity contribution < 1.29 is 31.6 Å². The maximum Gasteiger partial charge on any atom is 0.338 e. The van der Waals surface area contributed by atoms with E-state index in [0.717, 1.165) is 43.4 Å². The van der Waals surface area contributed by atoms with E-state index >= 15 is 0 Å². The number of esters is 1. The van der Waals surface area contributed by atoms with Gasteiger partial charge in [-0.1, -0.05) is 0 Å². The van der Waals surface area contributed by atoms with Crippen molar-refractivity contribution in [3.05, 3.63) is 83.7 Å². The molecule has 2 aliphatic heterocycles. The van der Waals surface area contributed by atoms with E-state index in [1.165, 1.54) is 33.6 Å². The summed E-state index contributed by atoms with van der Waals surface area (Å²) < 4.78 is 43.5. The van der Waals surface area contributed by atoms with E-state index in [1.54, 1.807) is 18.6 Å². The first kappa shape index (κ1) is 26.3. The van der Waals surface area contributed by atoms with Crippen LogP contribution in [0, 0.1) is 5.92 Å². The molecule has 3 aliphatic rings. The first-order valence-electron chi connectivity index (χ1n) is 13.4. The minimum atomic E-state index is -3.59. The quantitative estimate of drug-likeness (QED) is 0.384. The summed E-state index contributed by atoms with van der Waals surface area (Å²) in [6.07, 6.45) is 9.36. The minimum Gasteiger partial charge on any atom is -0.467 e. The highest BCUT2D eigenvalue weighted by molar-refractivity contribution is 7.89. The molecule has 0 N–H and O–H groups in total. The molecule has 3 aromatic rings. The average Bonchev–Trinajstić information content (AvgIpc) is 3.78. The maximum absolute atomic E-state index is 13.4. The summed E-state index contributed by atoms with van der Waals surface area (Å²) in [7, 11) is -3.59. The topological polar surface area (TPSA) is 123 Å². The lowest BCUT2D eigenvalue weighted by Crippen LogP contribution is -2.34. The highest BCUT2D eigenvalue weighted by Gasteiger charge is 2.45. The van der Waals surface area contributed by atoms with Crippen LogP contribution in [0.4, 0.5) is 0 Å². The zero-order valence-corrected chi connectivity index (χ0v) is 22.6. The van der Waals surface area contributed by atoms with Crippen molar-refractivity contribution in [2.24, 2.45) is 11.0 Å². The van der Waals surface area contributed by atoms with E-state index in [-0.39, 0.29) is 16.4 Å². The standard InChI is InChI=1S/C29H29N3O7S/c33-26(19-39-29(34)20-10-12-23(13-11-20)40(35,36)31-14-1-2-15-31)32-28(25-9-5-17-38-25)24-8-3-6-21(27(24)30-32)18-22-7-4-16-37-22/h4-5,7,9-13,16-18,24,28H,1-3,6,8,14-15,19H2. The number of hydrogen-bond acceptors (Lipinski definition) is 8. The van der Waals surface area contributed by atoms with Crippen molar-refractivity contribution >= 4 is 33.7 Å². The number of hydrazone groups is 1. The molecule has 11 heteroatoms. The van der Waals surface area contributed by atoms with Gasteiger partial charge in [-0.2, -0.15) is 9.41 Å². The summed E-state index contributed by atoms with van der Waals surface area (Å²) in [5.41, 5.74) is 1.96. The summed E-state index contributed by atoms with van der Waals surface area (Å²) in [4.78, 5) is 26.2. The van der Waals surface area contributed by atoms with Crippen LogP contribution in [0.3, 0.4) is 0 Å². The summed E-state index contributed by atoms with van der Waals surface area (Å²) in [5, 5.41) is 6.06. The number of furan rings is 2. The fourth-order valence-electron chi connectivity index (χ4n) is 5.61. The molecule has 6 rings (SSSR count). The molecule has 40 heavy (non-hydrogen) atoms. The van der Waals surface area contributed by atoms with Crippen LogP contribution in [0.5, 0.6) is 0 Å². The fourth-order valence-corrected chi connectivity index (χ4v) is 7.12. The molecule has 1 aliphatic carbocycles. The van der Waals surface area contributed by atoms with E-state index < -0.39 is 34.5 Å². The molecule has 1 amide bonds. The van der Waals surface area contributed by atoms with E-state index in [4.69, 9.17) is 18.7 Å². The van der Waals surface area contributed by atoms with Gasteiger partial charge in [0.15, 0.2) is 6.61 Å². The number of carbonyl (C=O) groups excluding carboxylic acids is 2. The maximum atomic E-state index is 13.4. The third kappa shape index (κ3) is 5.02. The monoisotopic (exact) mass is 563 g/mol. The van der Waals surface area contributed by atoms with E-state index in [0.29, 0.717) is 24.6 Å². The molecule has 2 atom stereocenters. The van der Waals surface area contributed by atoms with Crippen molar-refractivity contribution in [1.29, 1.82) is 0 Å². The van der Waals surface area contributed by atoms with Crippen molar-refractivity contribution in [2.75, 3.05) is 19.7 Å². The molecule has 1 aromatic carbocycles. The van der Waals surface area contributed by atoms with Crippen molar-refractivity contribution in [3.8, 4) is 0 Å². The molecule has 1 saturated heterocycles. The van der Waals surface area contributed by atoms with Crippen LogP contribution >= 0.6 is 0 Å². The van der Waals surface area contributed by atoms with Gasteiger partial charge in [-0.15, -0.1) is 0 Å². The lowest BCUT2D eigenvalue weighted by atomic mass is 9.79. The zero-order chi connectivity index (χ0) is 27.7. The average molecular weight is 564 g/mol. The molecule has 0 bridgehead atoms. The smallest absolute Gasteiger partial charge is 0.338 e. The second kappa shape index (κ2) is 10.9. The molecule has 4 heterocycles. The Balaban J connectivity index is 1.17. The largest absolute Gasteiger partial charge is 0.467 e. The lowest BCUT2D eigenvalue weighted by Gasteiger charge is -2.27. The Hall–Kier alpha value is -3.96. The third-order valence-electron chi connectivity index (χ3n) is 7.57. The number of hydrogen-bond donors (Lipinski definition) is 0. The number of amides is 1. The molecular weight excluding hydrogens is 534 g/mol. The summed E-state index contributed by atoms with van der Waals surface area (Å²) >= 11 is 0. The molecule has 0 radical (unpaired) electrons. The molecule has 208 valence electrons. The van der Waals surface area contributed by atoms with Crippen LogP contribution < -0.4 is 0 Å². The Morgan fingerprint density at radius 1 is 1.00 bits per heavy atom. The number of sulfonamides is 1. The van der Waals surface area contributed by atoms with Crippen LogP contribution in [-0.4, -0.2) is 55.0 Å². The number of rotatable bonds is 7. The minimum absolute atomic E-state index is 0.0640. The van der Waals surface area contributed by atoms with Crippen LogP contribution in [0.25, 0.3) is 6.08 Å². The molecule has 2 aromatic heterocycles. The third-order valence-corrected chi connectivity index (χ3v) is 9.48. The molecule has 1 saturated carbocycles. The van der Waals surface area contributed by atoms with Gasteiger partial charge in [0.2, 0.25) is 10.0 Å². The first-order chi connectivity index (χ1) is 19.4.